The number of nitrogens with one attached hydrogen (secondary N) is 1. The number of halogens is 1. The van der Waals surface area contributed by atoms with Gasteiger partial charge in [0.25, 0.3) is 0 Å². The van der Waals surface area contributed by atoms with Crippen LogP contribution in [0.2, 0.25) is 0 Å². The topological polar surface area (TPSA) is 32.9 Å². The Bertz CT molecular complexity index is 487. The summed E-state index contributed by atoms with van der Waals surface area (Å²) in [5.41, 5.74) is 1.79. The molecule has 1 aromatic heterocycles. The molecule has 2 rings (SSSR count). The van der Waals surface area contributed by atoms with Crippen molar-refractivity contribution in [3.05, 3.63) is 35.3 Å². The molecule has 0 atom stereocenters. The quantitative estimate of drug-likeness (QED) is 0.727. The second-order valence-electron chi connectivity index (χ2n) is 3.15. The molecule has 0 aliphatic rings. The Morgan fingerprint density at radius 3 is 2.93 bits per heavy atom. The van der Waals surface area contributed by atoms with Gasteiger partial charge < -0.3 is 4.98 Å². The normalized spacial score (nSPS) is 10.7. The molecule has 1 N–H and O–H groups in total. The Hall–Kier alpha value is -1.64. The van der Waals surface area contributed by atoms with E-state index in [1.54, 1.807) is 6.07 Å². The van der Waals surface area contributed by atoms with E-state index < -0.39 is 0 Å². The van der Waals surface area contributed by atoms with Gasteiger partial charge in [-0.2, -0.15) is 0 Å². The monoisotopic (exact) mass is 191 g/mol. The van der Waals surface area contributed by atoms with Gasteiger partial charge in [-0.25, -0.2) is 4.39 Å². The van der Waals surface area contributed by atoms with Crippen molar-refractivity contribution in [2.75, 3.05) is 0 Å². The number of hydrogen-bond acceptors (Lipinski definition) is 1. The van der Waals surface area contributed by atoms with Gasteiger partial charge in [-0.3, -0.25) is 4.79 Å². The smallest absolute Gasteiger partial charge is 0.166 e. The van der Waals surface area contributed by atoms with Gasteiger partial charge in [0.05, 0.1) is 11.2 Å². The zero-order chi connectivity index (χ0) is 10.1. The van der Waals surface area contributed by atoms with Crippen LogP contribution in [0.25, 0.3) is 10.9 Å². The highest BCUT2D eigenvalue weighted by molar-refractivity contribution is 5.92. The number of carbonyl (C=O) groups excluding carboxylic acids is 1. The van der Waals surface area contributed by atoms with E-state index in [4.69, 9.17) is 0 Å². The van der Waals surface area contributed by atoms with Crippen molar-refractivity contribution >= 4 is 17.2 Å². The molecular weight excluding hydrogens is 181 g/mol. The van der Waals surface area contributed by atoms with Gasteiger partial charge in [-0.15, -0.1) is 0 Å². The number of carbonyl (C=O) groups is 1. The predicted molar refractivity (Wildman–Crippen MR) is 53.0 cm³/mol. The molecule has 1 aromatic carbocycles. The van der Waals surface area contributed by atoms with Crippen LogP contribution in [0, 0.1) is 5.82 Å². The van der Waals surface area contributed by atoms with Gasteiger partial charge in [-0.1, -0.05) is 19.1 Å². The van der Waals surface area contributed by atoms with Crippen molar-refractivity contribution in [2.45, 2.75) is 13.3 Å². The number of benzene rings is 1. The number of aromatic nitrogens is 1. The summed E-state index contributed by atoms with van der Waals surface area (Å²) in [6.45, 7) is 1.94. The molecule has 0 aliphatic carbocycles. The molecule has 0 fully saturated rings. The number of aryl methyl sites for hydroxylation is 1. The molecule has 0 amide bonds. The third kappa shape index (κ3) is 1.13. The zero-order valence-electron chi connectivity index (χ0n) is 7.80. The van der Waals surface area contributed by atoms with E-state index >= 15 is 0 Å². The zero-order valence-corrected chi connectivity index (χ0v) is 7.80. The molecule has 0 saturated carbocycles. The lowest BCUT2D eigenvalue weighted by Gasteiger charge is -1.94. The fourth-order valence-corrected chi connectivity index (χ4v) is 1.74. The number of aldehydes is 1. The molecule has 0 spiro atoms. The summed E-state index contributed by atoms with van der Waals surface area (Å²) in [5.74, 6) is -0.315. The summed E-state index contributed by atoms with van der Waals surface area (Å²) >= 11 is 0. The van der Waals surface area contributed by atoms with Gasteiger partial charge in [0.2, 0.25) is 0 Å². The standard InChI is InChI=1S/C11H10FNO/c1-2-7-8-4-3-5-9(12)11(8)13-10(7)6-14/h3-6,13H,2H2,1H3. The molecule has 0 bridgehead atoms. The summed E-state index contributed by atoms with van der Waals surface area (Å²) in [4.78, 5) is 13.5. The Morgan fingerprint density at radius 1 is 1.50 bits per heavy atom. The summed E-state index contributed by atoms with van der Waals surface area (Å²) in [6.07, 6.45) is 1.45. The maximum Gasteiger partial charge on any atom is 0.166 e. The molecule has 72 valence electrons. The lowest BCUT2D eigenvalue weighted by Crippen LogP contribution is -1.85. The average molecular weight is 191 g/mol. The summed E-state index contributed by atoms with van der Waals surface area (Å²) in [7, 11) is 0. The van der Waals surface area contributed by atoms with Crippen molar-refractivity contribution in [1.29, 1.82) is 0 Å². The van der Waals surface area contributed by atoms with Crippen molar-refractivity contribution < 1.29 is 9.18 Å². The second-order valence-corrected chi connectivity index (χ2v) is 3.15. The van der Waals surface area contributed by atoms with Gasteiger partial charge >= 0.3 is 0 Å². The first-order valence-corrected chi connectivity index (χ1v) is 4.52. The predicted octanol–water partition coefficient (Wildman–Crippen LogP) is 2.68. The number of hydrogen-bond donors (Lipinski definition) is 1. The second kappa shape index (κ2) is 3.25. The van der Waals surface area contributed by atoms with E-state index in [1.807, 2.05) is 13.0 Å². The highest BCUT2D eigenvalue weighted by atomic mass is 19.1. The fourth-order valence-electron chi connectivity index (χ4n) is 1.74. The molecule has 0 aliphatic heterocycles. The van der Waals surface area contributed by atoms with E-state index in [2.05, 4.69) is 4.98 Å². The Morgan fingerprint density at radius 2 is 2.29 bits per heavy atom. The first kappa shape index (κ1) is 8.94. The van der Waals surface area contributed by atoms with E-state index in [1.165, 1.54) is 6.07 Å². The van der Waals surface area contributed by atoms with Gasteiger partial charge in [0, 0.05) is 5.39 Å². The van der Waals surface area contributed by atoms with Crippen LogP contribution < -0.4 is 0 Å². The Labute approximate surface area is 80.7 Å². The molecule has 0 radical (unpaired) electrons. The third-order valence-electron chi connectivity index (χ3n) is 2.39. The van der Waals surface area contributed by atoms with Gasteiger partial charge in [0.15, 0.2) is 6.29 Å². The minimum Gasteiger partial charge on any atom is -0.350 e. The minimum absolute atomic E-state index is 0.315. The molecule has 2 aromatic rings. The van der Waals surface area contributed by atoms with Crippen LogP contribution in [0.15, 0.2) is 18.2 Å². The summed E-state index contributed by atoms with van der Waals surface area (Å²) in [5, 5.41) is 0.801. The molecule has 14 heavy (non-hydrogen) atoms. The number of aromatic amines is 1. The lowest BCUT2D eigenvalue weighted by atomic mass is 10.1. The van der Waals surface area contributed by atoms with E-state index in [0.29, 0.717) is 11.2 Å². The Balaban J connectivity index is 2.86. The first-order chi connectivity index (χ1) is 6.77. The molecule has 0 unspecified atom stereocenters. The minimum atomic E-state index is -0.315. The molecule has 3 heteroatoms. The van der Waals surface area contributed by atoms with Crippen molar-refractivity contribution in [1.82, 2.24) is 4.98 Å². The first-order valence-electron chi connectivity index (χ1n) is 4.52. The van der Waals surface area contributed by atoms with E-state index in [9.17, 15) is 9.18 Å². The maximum atomic E-state index is 13.3. The Kier molecular flexibility index (Phi) is 2.08. The van der Waals surface area contributed by atoms with Crippen molar-refractivity contribution in [2.24, 2.45) is 0 Å². The average Bonchev–Trinajstić information content (AvgIpc) is 2.57. The SMILES string of the molecule is CCc1c(C=O)[nH]c2c(F)cccc12. The maximum absolute atomic E-state index is 13.3. The summed E-state index contributed by atoms with van der Waals surface area (Å²) in [6, 6.07) is 4.85. The lowest BCUT2D eigenvalue weighted by molar-refractivity contribution is 0.111. The largest absolute Gasteiger partial charge is 0.350 e. The van der Waals surface area contributed by atoms with Crippen LogP contribution in [-0.4, -0.2) is 11.3 Å². The molecular formula is C11H10FNO. The van der Waals surface area contributed by atoms with Crippen LogP contribution >= 0.6 is 0 Å². The van der Waals surface area contributed by atoms with Crippen LogP contribution in [0.4, 0.5) is 4.39 Å². The van der Waals surface area contributed by atoms with E-state index in [-0.39, 0.29) is 5.82 Å². The number of H-pyrrole nitrogens is 1. The number of rotatable bonds is 2. The van der Waals surface area contributed by atoms with Crippen molar-refractivity contribution in [3.63, 3.8) is 0 Å². The molecule has 0 saturated heterocycles. The fraction of sp³-hybridized carbons (Fsp3) is 0.182. The summed E-state index contributed by atoms with van der Waals surface area (Å²) < 4.78 is 13.3. The van der Waals surface area contributed by atoms with Crippen LogP contribution in [0.3, 0.4) is 0 Å². The number of para-hydroxylation sites is 1. The van der Waals surface area contributed by atoms with Gasteiger partial charge in [-0.05, 0) is 18.1 Å². The van der Waals surface area contributed by atoms with Crippen LogP contribution in [-0.2, 0) is 6.42 Å². The third-order valence-corrected chi connectivity index (χ3v) is 2.39. The highest BCUT2D eigenvalue weighted by Gasteiger charge is 2.11. The van der Waals surface area contributed by atoms with Crippen LogP contribution in [0.5, 0.6) is 0 Å². The van der Waals surface area contributed by atoms with Gasteiger partial charge in [0.1, 0.15) is 5.82 Å². The molecule has 1 heterocycles. The van der Waals surface area contributed by atoms with Crippen molar-refractivity contribution in [3.8, 4) is 0 Å². The number of fused-ring (bicyclic) bond motifs is 1. The van der Waals surface area contributed by atoms with Crippen LogP contribution in [0.1, 0.15) is 23.0 Å². The highest BCUT2D eigenvalue weighted by Crippen LogP contribution is 2.23. The molecule has 2 nitrogen and oxygen atoms in total. The van der Waals surface area contributed by atoms with E-state index in [0.717, 1.165) is 23.7 Å².